The summed E-state index contributed by atoms with van der Waals surface area (Å²) in [5.41, 5.74) is 1.05. The Morgan fingerprint density at radius 1 is 1.20 bits per heavy atom. The number of carboxylic acid groups (broad SMARTS) is 1. The molecule has 1 aromatic heterocycles. The first kappa shape index (κ1) is 18.9. The molecule has 7 nitrogen and oxygen atoms in total. The first-order valence-electron chi connectivity index (χ1n) is 8.18. The van der Waals surface area contributed by atoms with E-state index < -0.39 is 5.97 Å². The third kappa shape index (κ3) is 6.88. The van der Waals surface area contributed by atoms with Gasteiger partial charge in [0.2, 0.25) is 0 Å². The van der Waals surface area contributed by atoms with Gasteiger partial charge in [-0.2, -0.15) is 0 Å². The van der Waals surface area contributed by atoms with Crippen molar-refractivity contribution in [2.24, 2.45) is 0 Å². The minimum absolute atomic E-state index is 0.00798. The van der Waals surface area contributed by atoms with Gasteiger partial charge >= 0.3 is 12.0 Å². The van der Waals surface area contributed by atoms with Crippen LogP contribution in [0.2, 0.25) is 0 Å². The molecule has 0 fully saturated rings. The third-order valence-corrected chi connectivity index (χ3v) is 4.65. The molecule has 0 aliphatic carbocycles. The molecule has 25 heavy (non-hydrogen) atoms. The lowest BCUT2D eigenvalue weighted by atomic mass is 10.0. The number of aliphatic carboxylic acids is 1. The van der Waals surface area contributed by atoms with Crippen LogP contribution in [0.5, 0.6) is 0 Å². The average molecular weight is 362 g/mol. The van der Waals surface area contributed by atoms with Crippen LogP contribution in [0.1, 0.15) is 35.3 Å². The van der Waals surface area contributed by atoms with Gasteiger partial charge in [-0.25, -0.2) is 4.79 Å². The van der Waals surface area contributed by atoms with Crippen molar-refractivity contribution in [3.63, 3.8) is 0 Å². The molecule has 0 saturated carbocycles. The molecule has 2 aromatic rings. The summed E-state index contributed by atoms with van der Waals surface area (Å²) in [7, 11) is 0. The number of rotatable bonds is 9. The summed E-state index contributed by atoms with van der Waals surface area (Å²) in [5.74, 6) is -0.874. The van der Waals surface area contributed by atoms with Crippen LogP contribution in [0.15, 0.2) is 30.3 Å². The minimum atomic E-state index is -0.874. The summed E-state index contributed by atoms with van der Waals surface area (Å²) >= 11 is 1.47. The van der Waals surface area contributed by atoms with Crippen LogP contribution in [0, 0.1) is 0 Å². The zero-order valence-corrected chi connectivity index (χ0v) is 14.9. The van der Waals surface area contributed by atoms with E-state index in [4.69, 9.17) is 5.11 Å². The average Bonchev–Trinajstić information content (AvgIpc) is 3.07. The molecule has 1 aromatic carbocycles. The van der Waals surface area contributed by atoms with Crippen molar-refractivity contribution in [2.45, 2.75) is 45.2 Å². The van der Waals surface area contributed by atoms with Crippen LogP contribution < -0.4 is 10.6 Å². The van der Waals surface area contributed by atoms with Crippen LogP contribution >= 0.6 is 11.3 Å². The molecule has 1 atom stereocenters. The Bertz CT molecular complexity index is 690. The van der Waals surface area contributed by atoms with E-state index >= 15 is 0 Å². The van der Waals surface area contributed by atoms with Crippen molar-refractivity contribution in [3.05, 3.63) is 45.9 Å². The Labute approximate surface area is 150 Å². The van der Waals surface area contributed by atoms with E-state index in [1.807, 2.05) is 37.3 Å². The molecule has 3 N–H and O–H groups in total. The smallest absolute Gasteiger partial charge is 0.315 e. The topological polar surface area (TPSA) is 104 Å². The van der Waals surface area contributed by atoms with E-state index in [0.29, 0.717) is 19.4 Å². The highest BCUT2D eigenvalue weighted by Crippen LogP contribution is 2.10. The van der Waals surface area contributed by atoms with Gasteiger partial charge < -0.3 is 15.7 Å². The lowest BCUT2D eigenvalue weighted by Gasteiger charge is -2.18. The van der Waals surface area contributed by atoms with Crippen LogP contribution in [0.25, 0.3) is 0 Å². The number of hydrogen-bond donors (Lipinski definition) is 3. The molecule has 0 spiro atoms. The van der Waals surface area contributed by atoms with Crippen LogP contribution in [-0.4, -0.2) is 33.3 Å². The first-order chi connectivity index (χ1) is 12.1. The molecular weight excluding hydrogens is 340 g/mol. The Morgan fingerprint density at radius 3 is 2.56 bits per heavy atom. The highest BCUT2D eigenvalue weighted by Gasteiger charge is 2.15. The number of aromatic nitrogens is 2. The molecule has 0 bridgehead atoms. The summed E-state index contributed by atoms with van der Waals surface area (Å²) < 4.78 is 0. The maximum absolute atomic E-state index is 12.1. The SMILES string of the molecule is CCc1nnc(CNC(=O)NC(CCC(=O)O)Cc2ccccc2)s1. The second kappa shape index (κ2) is 9.73. The monoisotopic (exact) mass is 362 g/mol. The molecule has 134 valence electrons. The Hall–Kier alpha value is -2.48. The standard InChI is InChI=1S/C17H22N4O3S/c1-2-14-20-21-15(25-14)11-18-17(24)19-13(8-9-16(22)23)10-12-6-4-3-5-7-12/h3-7,13H,2,8-11H2,1H3,(H,22,23)(H2,18,19,24). The largest absolute Gasteiger partial charge is 0.481 e. The van der Waals surface area contributed by atoms with Gasteiger partial charge in [-0.05, 0) is 24.8 Å². The van der Waals surface area contributed by atoms with Gasteiger partial charge in [-0.15, -0.1) is 10.2 Å². The number of carboxylic acids is 1. The highest BCUT2D eigenvalue weighted by molar-refractivity contribution is 7.11. The van der Waals surface area contributed by atoms with Crippen molar-refractivity contribution in [1.29, 1.82) is 0 Å². The maximum Gasteiger partial charge on any atom is 0.315 e. The van der Waals surface area contributed by atoms with E-state index in [1.165, 1.54) is 11.3 Å². The number of urea groups is 1. The van der Waals surface area contributed by atoms with E-state index in [0.717, 1.165) is 22.0 Å². The predicted octanol–water partition coefficient (Wildman–Crippen LogP) is 2.38. The Morgan fingerprint density at radius 2 is 1.92 bits per heavy atom. The lowest BCUT2D eigenvalue weighted by molar-refractivity contribution is -0.137. The van der Waals surface area contributed by atoms with Crippen LogP contribution in [0.3, 0.4) is 0 Å². The van der Waals surface area contributed by atoms with Crippen molar-refractivity contribution in [3.8, 4) is 0 Å². The molecular formula is C17H22N4O3S. The lowest BCUT2D eigenvalue weighted by Crippen LogP contribution is -2.43. The maximum atomic E-state index is 12.1. The summed E-state index contributed by atoms with van der Waals surface area (Å²) in [6.45, 7) is 2.31. The number of benzene rings is 1. The van der Waals surface area contributed by atoms with E-state index in [9.17, 15) is 9.59 Å². The predicted molar refractivity (Wildman–Crippen MR) is 95.5 cm³/mol. The zero-order chi connectivity index (χ0) is 18.1. The van der Waals surface area contributed by atoms with E-state index in [2.05, 4.69) is 20.8 Å². The minimum Gasteiger partial charge on any atom is -0.481 e. The molecule has 8 heteroatoms. The van der Waals surface area contributed by atoms with Gasteiger partial charge in [0.15, 0.2) is 0 Å². The normalized spacial score (nSPS) is 11.7. The quantitative estimate of drug-likeness (QED) is 0.635. The Balaban J connectivity index is 1.87. The van der Waals surface area contributed by atoms with Gasteiger partial charge in [0, 0.05) is 12.5 Å². The second-order valence-electron chi connectivity index (χ2n) is 5.59. The molecule has 1 unspecified atom stereocenters. The molecule has 0 saturated heterocycles. The number of carbonyl (C=O) groups is 2. The number of hydrogen-bond acceptors (Lipinski definition) is 5. The first-order valence-corrected chi connectivity index (χ1v) is 8.99. The second-order valence-corrected chi connectivity index (χ2v) is 6.74. The Kier molecular flexibility index (Phi) is 7.34. The zero-order valence-electron chi connectivity index (χ0n) is 14.1. The summed E-state index contributed by atoms with van der Waals surface area (Å²) in [6.07, 6.45) is 1.78. The molecule has 0 aliphatic heterocycles. The van der Waals surface area contributed by atoms with E-state index in [-0.39, 0.29) is 18.5 Å². The van der Waals surface area contributed by atoms with Crippen molar-refractivity contribution < 1.29 is 14.7 Å². The fourth-order valence-electron chi connectivity index (χ4n) is 2.32. The van der Waals surface area contributed by atoms with Crippen molar-refractivity contribution >= 4 is 23.3 Å². The molecule has 1 heterocycles. The van der Waals surface area contributed by atoms with Crippen LogP contribution in [-0.2, 0) is 24.2 Å². The number of nitrogens with zero attached hydrogens (tertiary/aromatic N) is 2. The fourth-order valence-corrected chi connectivity index (χ4v) is 3.04. The molecule has 2 amide bonds. The molecule has 0 aliphatic rings. The summed E-state index contributed by atoms with van der Waals surface area (Å²) in [6, 6.07) is 9.10. The van der Waals surface area contributed by atoms with E-state index in [1.54, 1.807) is 0 Å². The van der Waals surface area contributed by atoms with Gasteiger partial charge in [-0.1, -0.05) is 48.6 Å². The highest BCUT2D eigenvalue weighted by atomic mass is 32.1. The van der Waals surface area contributed by atoms with Crippen molar-refractivity contribution in [1.82, 2.24) is 20.8 Å². The van der Waals surface area contributed by atoms with Gasteiger partial charge in [0.25, 0.3) is 0 Å². The summed E-state index contributed by atoms with van der Waals surface area (Å²) in [5, 5.41) is 24.2. The van der Waals surface area contributed by atoms with Crippen molar-refractivity contribution in [2.75, 3.05) is 0 Å². The number of nitrogens with one attached hydrogen (secondary N) is 2. The number of carbonyl (C=O) groups excluding carboxylic acids is 1. The summed E-state index contributed by atoms with van der Waals surface area (Å²) in [4.78, 5) is 23.0. The number of amides is 2. The molecule has 2 rings (SSSR count). The molecule has 0 radical (unpaired) electrons. The fraction of sp³-hybridized carbons (Fsp3) is 0.412. The van der Waals surface area contributed by atoms with Gasteiger partial charge in [0.1, 0.15) is 10.0 Å². The van der Waals surface area contributed by atoms with Gasteiger partial charge in [-0.3, -0.25) is 4.79 Å². The third-order valence-electron chi connectivity index (χ3n) is 3.58. The van der Waals surface area contributed by atoms with Crippen LogP contribution in [0.4, 0.5) is 4.79 Å². The van der Waals surface area contributed by atoms with Gasteiger partial charge in [0.05, 0.1) is 6.54 Å². The number of aryl methyl sites for hydroxylation is 1.